The van der Waals surface area contributed by atoms with Crippen LogP contribution in [0.1, 0.15) is 31.9 Å². The molecule has 0 aliphatic carbocycles. The first-order valence-electron chi connectivity index (χ1n) is 9.00. The molecule has 142 valence electrons. The van der Waals surface area contributed by atoms with E-state index in [1.807, 2.05) is 24.4 Å². The molecule has 0 unspecified atom stereocenters. The van der Waals surface area contributed by atoms with Gasteiger partial charge in [-0.25, -0.2) is 0 Å². The molecule has 1 saturated heterocycles. The fraction of sp³-hybridized carbons (Fsp3) is 0.667. The largest absolute Gasteiger partial charge is 0.381 e. The zero-order chi connectivity index (χ0) is 16.9. The van der Waals surface area contributed by atoms with Gasteiger partial charge in [-0.15, -0.1) is 24.0 Å². The summed E-state index contributed by atoms with van der Waals surface area (Å²) in [6, 6.07) is 5.99. The standard InChI is InChI=1S/C18H30N4O2.HI/c1-2-19-18(22-12-7-16-6-3-4-10-20-16)21-11-5-13-24-17-8-14-23-15-9-17;/h3-4,6,10,17H,2,5,7-9,11-15H2,1H3,(H2,19,21,22);1H. The second kappa shape index (κ2) is 14.3. The number of hydrogen-bond acceptors (Lipinski definition) is 4. The lowest BCUT2D eigenvalue weighted by Crippen LogP contribution is -2.38. The zero-order valence-electron chi connectivity index (χ0n) is 15.1. The Morgan fingerprint density at radius 2 is 2.16 bits per heavy atom. The van der Waals surface area contributed by atoms with Gasteiger partial charge in [0.2, 0.25) is 0 Å². The number of aliphatic imine (C=N–C) groups is 1. The SMILES string of the molecule is CCNC(=NCCCOC1CCOCC1)NCCc1ccccn1.I. The summed E-state index contributed by atoms with van der Waals surface area (Å²) in [5.41, 5.74) is 1.09. The molecule has 6 nitrogen and oxygen atoms in total. The highest BCUT2D eigenvalue weighted by molar-refractivity contribution is 14.0. The van der Waals surface area contributed by atoms with E-state index >= 15 is 0 Å². The third-order valence-electron chi connectivity index (χ3n) is 3.84. The fourth-order valence-corrected chi connectivity index (χ4v) is 2.54. The van der Waals surface area contributed by atoms with Gasteiger partial charge >= 0.3 is 0 Å². The maximum absolute atomic E-state index is 5.87. The molecule has 0 aromatic carbocycles. The van der Waals surface area contributed by atoms with Crippen LogP contribution in [0.2, 0.25) is 0 Å². The maximum atomic E-state index is 5.87. The second-order valence-corrected chi connectivity index (χ2v) is 5.79. The first-order valence-corrected chi connectivity index (χ1v) is 9.00. The van der Waals surface area contributed by atoms with Crippen molar-refractivity contribution in [2.75, 3.05) is 39.5 Å². The number of pyridine rings is 1. The topological polar surface area (TPSA) is 67.8 Å². The van der Waals surface area contributed by atoms with Crippen LogP contribution < -0.4 is 10.6 Å². The van der Waals surface area contributed by atoms with E-state index in [2.05, 4.69) is 27.5 Å². The van der Waals surface area contributed by atoms with Gasteiger partial charge in [-0.2, -0.15) is 0 Å². The number of nitrogens with zero attached hydrogens (tertiary/aromatic N) is 2. The van der Waals surface area contributed by atoms with E-state index < -0.39 is 0 Å². The van der Waals surface area contributed by atoms with Crippen molar-refractivity contribution in [3.8, 4) is 0 Å². The number of rotatable bonds is 9. The Kier molecular flexibility index (Phi) is 12.6. The van der Waals surface area contributed by atoms with Crippen LogP contribution in [0.5, 0.6) is 0 Å². The van der Waals surface area contributed by atoms with Gasteiger partial charge in [0.25, 0.3) is 0 Å². The highest BCUT2D eigenvalue weighted by Crippen LogP contribution is 2.10. The van der Waals surface area contributed by atoms with Crippen LogP contribution in [0.4, 0.5) is 0 Å². The van der Waals surface area contributed by atoms with Crippen molar-refractivity contribution in [2.45, 2.75) is 38.7 Å². The molecule has 2 heterocycles. The number of halogens is 1. The van der Waals surface area contributed by atoms with Gasteiger partial charge in [-0.05, 0) is 38.3 Å². The van der Waals surface area contributed by atoms with Crippen LogP contribution in [0.15, 0.2) is 29.4 Å². The van der Waals surface area contributed by atoms with Crippen molar-refractivity contribution >= 4 is 29.9 Å². The van der Waals surface area contributed by atoms with Gasteiger partial charge in [-0.3, -0.25) is 9.98 Å². The molecule has 1 aliphatic heterocycles. The zero-order valence-corrected chi connectivity index (χ0v) is 17.4. The lowest BCUT2D eigenvalue weighted by Gasteiger charge is -2.22. The van der Waals surface area contributed by atoms with Gasteiger partial charge in [0.1, 0.15) is 0 Å². The van der Waals surface area contributed by atoms with E-state index in [-0.39, 0.29) is 24.0 Å². The normalized spacial score (nSPS) is 15.5. The molecule has 2 rings (SSSR count). The number of hydrogen-bond donors (Lipinski definition) is 2. The minimum Gasteiger partial charge on any atom is -0.381 e. The van der Waals surface area contributed by atoms with Crippen molar-refractivity contribution < 1.29 is 9.47 Å². The van der Waals surface area contributed by atoms with Crippen LogP contribution in [-0.2, 0) is 15.9 Å². The molecule has 1 aliphatic rings. The Morgan fingerprint density at radius 3 is 2.88 bits per heavy atom. The van der Waals surface area contributed by atoms with Crippen molar-refractivity contribution in [1.29, 1.82) is 0 Å². The van der Waals surface area contributed by atoms with Gasteiger partial charge in [0, 0.05) is 57.8 Å². The lowest BCUT2D eigenvalue weighted by molar-refractivity contribution is -0.0318. The van der Waals surface area contributed by atoms with Crippen LogP contribution in [0.3, 0.4) is 0 Å². The van der Waals surface area contributed by atoms with E-state index in [4.69, 9.17) is 9.47 Å². The molecule has 0 atom stereocenters. The quantitative estimate of drug-likeness (QED) is 0.255. The molecule has 0 bridgehead atoms. The number of aromatic nitrogens is 1. The molecule has 0 radical (unpaired) electrons. The van der Waals surface area contributed by atoms with Crippen LogP contribution in [-0.4, -0.2) is 56.5 Å². The Morgan fingerprint density at radius 1 is 1.32 bits per heavy atom. The summed E-state index contributed by atoms with van der Waals surface area (Å²) >= 11 is 0. The minimum absolute atomic E-state index is 0. The van der Waals surface area contributed by atoms with Gasteiger partial charge in [-0.1, -0.05) is 6.07 Å². The van der Waals surface area contributed by atoms with Crippen molar-refractivity contribution in [1.82, 2.24) is 15.6 Å². The third-order valence-corrected chi connectivity index (χ3v) is 3.84. The molecule has 0 saturated carbocycles. The smallest absolute Gasteiger partial charge is 0.191 e. The summed E-state index contributed by atoms with van der Waals surface area (Å²) < 4.78 is 11.2. The summed E-state index contributed by atoms with van der Waals surface area (Å²) in [7, 11) is 0. The average Bonchev–Trinajstić information content (AvgIpc) is 2.63. The van der Waals surface area contributed by atoms with Gasteiger partial charge in [0.15, 0.2) is 5.96 Å². The molecular weight excluding hydrogens is 431 g/mol. The van der Waals surface area contributed by atoms with E-state index in [1.165, 1.54) is 0 Å². The molecule has 0 amide bonds. The van der Waals surface area contributed by atoms with Crippen LogP contribution in [0, 0.1) is 0 Å². The maximum Gasteiger partial charge on any atom is 0.191 e. The molecule has 2 N–H and O–H groups in total. The molecule has 1 fully saturated rings. The molecular formula is C18H31IN4O2. The average molecular weight is 462 g/mol. The van der Waals surface area contributed by atoms with E-state index in [1.54, 1.807) is 0 Å². The summed E-state index contributed by atoms with van der Waals surface area (Å²) in [6.45, 7) is 6.93. The molecule has 0 spiro atoms. The highest BCUT2D eigenvalue weighted by Gasteiger charge is 2.13. The van der Waals surface area contributed by atoms with Crippen LogP contribution in [0.25, 0.3) is 0 Å². The lowest BCUT2D eigenvalue weighted by atomic mass is 10.1. The number of nitrogens with one attached hydrogen (secondary N) is 2. The summed E-state index contributed by atoms with van der Waals surface area (Å²) in [6.07, 6.45) is 6.05. The summed E-state index contributed by atoms with van der Waals surface area (Å²) in [5.74, 6) is 0.861. The van der Waals surface area contributed by atoms with Crippen molar-refractivity contribution in [2.24, 2.45) is 4.99 Å². The fourth-order valence-electron chi connectivity index (χ4n) is 2.54. The van der Waals surface area contributed by atoms with Gasteiger partial charge < -0.3 is 20.1 Å². The Hall–Kier alpha value is -0.930. The van der Waals surface area contributed by atoms with Gasteiger partial charge in [0.05, 0.1) is 6.10 Å². The second-order valence-electron chi connectivity index (χ2n) is 5.79. The minimum atomic E-state index is 0. The molecule has 7 heteroatoms. The first-order chi connectivity index (χ1) is 11.9. The van der Waals surface area contributed by atoms with Crippen molar-refractivity contribution in [3.05, 3.63) is 30.1 Å². The third kappa shape index (κ3) is 9.96. The Labute approximate surface area is 168 Å². The summed E-state index contributed by atoms with van der Waals surface area (Å²) in [5, 5.41) is 6.62. The van der Waals surface area contributed by atoms with E-state index in [9.17, 15) is 0 Å². The molecule has 25 heavy (non-hydrogen) atoms. The predicted molar refractivity (Wildman–Crippen MR) is 112 cm³/mol. The Balaban J connectivity index is 0.00000312. The highest BCUT2D eigenvalue weighted by atomic mass is 127. The van der Waals surface area contributed by atoms with E-state index in [0.717, 1.165) is 76.8 Å². The predicted octanol–water partition coefficient (Wildman–Crippen LogP) is 2.38. The Bertz CT molecular complexity index is 467. The monoisotopic (exact) mass is 462 g/mol. The van der Waals surface area contributed by atoms with E-state index in [0.29, 0.717) is 6.10 Å². The first kappa shape index (κ1) is 22.1. The summed E-state index contributed by atoms with van der Waals surface area (Å²) in [4.78, 5) is 8.92. The number of ether oxygens (including phenoxy) is 2. The van der Waals surface area contributed by atoms with Crippen molar-refractivity contribution in [3.63, 3.8) is 0 Å². The number of guanidine groups is 1. The molecule has 1 aromatic heterocycles. The molecule has 1 aromatic rings. The van der Waals surface area contributed by atoms with Crippen LogP contribution >= 0.6 is 24.0 Å².